The van der Waals surface area contributed by atoms with Crippen LogP contribution in [-0.2, 0) is 14.6 Å². The number of benzene rings is 1. The van der Waals surface area contributed by atoms with Gasteiger partial charge in [0.25, 0.3) is 0 Å². The number of nitrogens with zero attached hydrogens (tertiary/aromatic N) is 1. The summed E-state index contributed by atoms with van der Waals surface area (Å²) in [7, 11) is -3.09. The average molecular weight is 363 g/mol. The van der Waals surface area contributed by atoms with Crippen molar-refractivity contribution < 1.29 is 13.2 Å². The van der Waals surface area contributed by atoms with Gasteiger partial charge in [-0.25, -0.2) is 13.8 Å². The zero-order chi connectivity index (χ0) is 16.3. The Bertz CT molecular complexity index is 717. The minimum absolute atomic E-state index is 0.0578. The fourth-order valence-corrected chi connectivity index (χ4v) is 4.28. The van der Waals surface area contributed by atoms with E-state index in [9.17, 15) is 13.2 Å². The zero-order valence-electron chi connectivity index (χ0n) is 12.0. The van der Waals surface area contributed by atoms with E-state index in [1.165, 1.54) is 0 Å². The van der Waals surface area contributed by atoms with Crippen LogP contribution in [0.4, 0.5) is 0 Å². The molecule has 1 aliphatic heterocycles. The lowest BCUT2D eigenvalue weighted by Gasteiger charge is -2.09. The van der Waals surface area contributed by atoms with E-state index in [0.717, 1.165) is 5.56 Å². The Morgan fingerprint density at radius 3 is 2.64 bits per heavy atom. The van der Waals surface area contributed by atoms with Crippen LogP contribution >= 0.6 is 23.2 Å². The molecular weight excluding hydrogens is 347 g/mol. The molecule has 0 radical (unpaired) electrons. The molecular formula is C14H16Cl2N2O3S. The standard InChI is InChI=1S/C14H16Cl2N2O3S/c1-2-13(9-3-4-11(15)12(16)7-9)17-18-14(19)10-5-6-22(20,21)8-10/h3-4,7,10H,2,5-6,8H2,1H3,(H,18,19)/b17-13-/t10-/m0/s1. The van der Waals surface area contributed by atoms with Crippen molar-refractivity contribution in [1.82, 2.24) is 5.43 Å². The van der Waals surface area contributed by atoms with Gasteiger partial charge in [-0.1, -0.05) is 36.2 Å². The highest BCUT2D eigenvalue weighted by molar-refractivity contribution is 7.91. The monoisotopic (exact) mass is 362 g/mol. The molecule has 1 heterocycles. The van der Waals surface area contributed by atoms with Crippen LogP contribution in [0.25, 0.3) is 0 Å². The summed E-state index contributed by atoms with van der Waals surface area (Å²) >= 11 is 11.8. The molecule has 0 spiro atoms. The van der Waals surface area contributed by atoms with E-state index in [4.69, 9.17) is 23.2 Å². The van der Waals surface area contributed by atoms with E-state index in [2.05, 4.69) is 10.5 Å². The first-order valence-electron chi connectivity index (χ1n) is 6.84. The molecule has 0 aromatic heterocycles. The largest absolute Gasteiger partial charge is 0.273 e. The van der Waals surface area contributed by atoms with Crippen molar-refractivity contribution in [3.63, 3.8) is 0 Å². The summed E-state index contributed by atoms with van der Waals surface area (Å²) in [4.78, 5) is 12.0. The summed E-state index contributed by atoms with van der Waals surface area (Å²) in [5.74, 6) is -0.946. The number of hydrazone groups is 1. The first-order valence-corrected chi connectivity index (χ1v) is 9.42. The Labute approximate surface area is 139 Å². The van der Waals surface area contributed by atoms with E-state index in [-0.39, 0.29) is 17.4 Å². The topological polar surface area (TPSA) is 75.6 Å². The van der Waals surface area contributed by atoms with Crippen molar-refractivity contribution in [3.05, 3.63) is 33.8 Å². The van der Waals surface area contributed by atoms with Gasteiger partial charge in [0.05, 0.1) is 33.2 Å². The predicted octanol–water partition coefficient (Wildman–Crippen LogP) is 2.66. The Hall–Kier alpha value is -1.11. The lowest BCUT2D eigenvalue weighted by atomic mass is 10.1. The van der Waals surface area contributed by atoms with E-state index >= 15 is 0 Å². The maximum Gasteiger partial charge on any atom is 0.244 e. The molecule has 0 aliphatic carbocycles. The molecule has 1 saturated heterocycles. The third-order valence-electron chi connectivity index (χ3n) is 3.49. The Kier molecular flexibility index (Phi) is 5.47. The highest BCUT2D eigenvalue weighted by Crippen LogP contribution is 2.23. The molecule has 0 bridgehead atoms. The van der Waals surface area contributed by atoms with Crippen LogP contribution < -0.4 is 5.43 Å². The second kappa shape index (κ2) is 6.98. The molecule has 1 aliphatic rings. The van der Waals surface area contributed by atoms with Crippen LogP contribution in [0.5, 0.6) is 0 Å². The molecule has 1 aromatic rings. The molecule has 1 aromatic carbocycles. The highest BCUT2D eigenvalue weighted by atomic mass is 35.5. The number of halogens is 2. The lowest BCUT2D eigenvalue weighted by molar-refractivity contribution is -0.124. The first kappa shape index (κ1) is 17.2. The van der Waals surface area contributed by atoms with Crippen molar-refractivity contribution in [3.8, 4) is 0 Å². The van der Waals surface area contributed by atoms with Crippen molar-refractivity contribution >= 4 is 44.7 Å². The maximum atomic E-state index is 12.0. The number of rotatable bonds is 4. The quantitative estimate of drug-likeness (QED) is 0.660. The smallest absolute Gasteiger partial charge is 0.244 e. The molecule has 1 fully saturated rings. The summed E-state index contributed by atoms with van der Waals surface area (Å²) in [6, 6.07) is 5.11. The van der Waals surface area contributed by atoms with Crippen molar-refractivity contribution in [1.29, 1.82) is 0 Å². The third kappa shape index (κ3) is 4.21. The van der Waals surface area contributed by atoms with Gasteiger partial charge in [0.1, 0.15) is 0 Å². The van der Waals surface area contributed by atoms with Crippen molar-refractivity contribution in [2.24, 2.45) is 11.0 Å². The molecule has 1 atom stereocenters. The van der Waals surface area contributed by atoms with Crippen LogP contribution in [0.2, 0.25) is 10.0 Å². The van der Waals surface area contributed by atoms with Crippen LogP contribution in [-0.4, -0.2) is 31.5 Å². The SMILES string of the molecule is CC/C(=N/NC(=O)[C@H]1CCS(=O)(=O)C1)c1ccc(Cl)c(Cl)c1. The normalized spacial score (nSPS) is 20.9. The molecule has 2 rings (SSSR count). The summed E-state index contributed by atoms with van der Waals surface area (Å²) in [5.41, 5.74) is 3.86. The number of nitrogens with one attached hydrogen (secondary N) is 1. The third-order valence-corrected chi connectivity index (χ3v) is 6.00. The van der Waals surface area contributed by atoms with Gasteiger partial charge in [-0.15, -0.1) is 0 Å². The first-order chi connectivity index (χ1) is 10.3. The summed E-state index contributed by atoms with van der Waals surface area (Å²) in [5, 5.41) is 4.95. The number of amides is 1. The molecule has 22 heavy (non-hydrogen) atoms. The maximum absolute atomic E-state index is 12.0. The molecule has 8 heteroatoms. The summed E-state index contributed by atoms with van der Waals surface area (Å²) < 4.78 is 22.8. The van der Waals surface area contributed by atoms with Gasteiger partial charge in [0, 0.05) is 0 Å². The van der Waals surface area contributed by atoms with E-state index in [0.29, 0.717) is 28.6 Å². The van der Waals surface area contributed by atoms with Gasteiger partial charge < -0.3 is 0 Å². The second-order valence-corrected chi connectivity index (χ2v) is 8.16. The zero-order valence-corrected chi connectivity index (χ0v) is 14.3. The molecule has 1 amide bonds. The summed E-state index contributed by atoms with van der Waals surface area (Å²) in [6.45, 7) is 1.90. The van der Waals surface area contributed by atoms with Gasteiger partial charge in [0.2, 0.25) is 5.91 Å². The highest BCUT2D eigenvalue weighted by Gasteiger charge is 2.32. The fourth-order valence-electron chi connectivity index (χ4n) is 2.24. The van der Waals surface area contributed by atoms with Crippen molar-refractivity contribution in [2.75, 3.05) is 11.5 Å². The number of sulfone groups is 1. The minimum Gasteiger partial charge on any atom is -0.273 e. The molecule has 120 valence electrons. The summed E-state index contributed by atoms with van der Waals surface area (Å²) in [6.07, 6.45) is 0.930. The minimum atomic E-state index is -3.09. The molecule has 0 saturated carbocycles. The van der Waals surface area contributed by atoms with Gasteiger partial charge >= 0.3 is 0 Å². The lowest BCUT2D eigenvalue weighted by Crippen LogP contribution is -2.28. The van der Waals surface area contributed by atoms with Gasteiger partial charge in [-0.05, 0) is 30.5 Å². The van der Waals surface area contributed by atoms with E-state index in [1.54, 1.807) is 18.2 Å². The number of hydrogen-bond acceptors (Lipinski definition) is 4. The molecule has 5 nitrogen and oxygen atoms in total. The van der Waals surface area contributed by atoms with Gasteiger partial charge in [0.15, 0.2) is 9.84 Å². The Morgan fingerprint density at radius 1 is 1.36 bits per heavy atom. The van der Waals surface area contributed by atoms with Crippen LogP contribution in [0.15, 0.2) is 23.3 Å². The van der Waals surface area contributed by atoms with Crippen LogP contribution in [0.3, 0.4) is 0 Å². The van der Waals surface area contributed by atoms with Gasteiger partial charge in [-0.2, -0.15) is 5.10 Å². The van der Waals surface area contributed by atoms with Crippen LogP contribution in [0.1, 0.15) is 25.3 Å². The molecule has 0 unspecified atom stereocenters. The predicted molar refractivity (Wildman–Crippen MR) is 88.2 cm³/mol. The van der Waals surface area contributed by atoms with Crippen LogP contribution in [0, 0.1) is 5.92 Å². The Morgan fingerprint density at radius 2 is 2.09 bits per heavy atom. The molecule has 1 N–H and O–H groups in total. The Balaban J connectivity index is 2.09. The number of carbonyl (C=O) groups excluding carboxylic acids is 1. The average Bonchev–Trinajstić information content (AvgIpc) is 2.83. The van der Waals surface area contributed by atoms with Gasteiger partial charge in [-0.3, -0.25) is 4.79 Å². The number of carbonyl (C=O) groups is 1. The second-order valence-electron chi connectivity index (χ2n) is 5.12. The fraction of sp³-hybridized carbons (Fsp3) is 0.429. The van der Waals surface area contributed by atoms with E-state index < -0.39 is 15.8 Å². The van der Waals surface area contributed by atoms with E-state index in [1.807, 2.05) is 6.92 Å². The van der Waals surface area contributed by atoms with Crippen molar-refractivity contribution in [2.45, 2.75) is 19.8 Å². The number of hydrogen-bond donors (Lipinski definition) is 1.